The first-order valence-electron chi connectivity index (χ1n) is 12.4. The topological polar surface area (TPSA) is 151 Å². The van der Waals surface area contributed by atoms with E-state index >= 15 is 0 Å². The number of piperidine rings is 2. The number of carbonyl (C=O) groups excluding carboxylic acids is 2. The van der Waals surface area contributed by atoms with E-state index in [1.165, 1.54) is 29.0 Å². The minimum Gasteiger partial charge on any atom is -0.453 e. The highest BCUT2D eigenvalue weighted by molar-refractivity contribution is 7.88. The Morgan fingerprint density at radius 1 is 1.08 bits per heavy atom. The average molecular weight is 563 g/mol. The van der Waals surface area contributed by atoms with Crippen LogP contribution in [0.2, 0.25) is 0 Å². The Bertz CT molecular complexity index is 1420. The third kappa shape index (κ3) is 5.73. The molecule has 2 saturated heterocycles. The SMILES string of the molecule is COC(=O)NC1CCN(C(=O)c2cc(NC3CCN(S(C)(=O)=O)CC3)nc(-c3cnn4ccsc34)n2)CC1. The summed E-state index contributed by atoms with van der Waals surface area (Å²) >= 11 is 1.51. The molecule has 204 valence electrons. The molecule has 38 heavy (non-hydrogen) atoms. The fourth-order valence-corrected chi connectivity index (χ4v) is 6.45. The standard InChI is InChI=1S/C23H30N8O5S2/c1-36-23(33)26-16-3-7-29(8-4-16)21(32)18-13-19(25-15-5-9-30(10-6-15)38(2,34)35)28-20(27-18)17-14-24-31-11-12-37-22(17)31/h11-16H,3-10H2,1-2H3,(H,26,33)(H,25,27,28). The molecular weight excluding hydrogens is 532 g/mol. The van der Waals surface area contributed by atoms with E-state index < -0.39 is 16.1 Å². The van der Waals surface area contributed by atoms with Gasteiger partial charge in [-0.15, -0.1) is 11.3 Å². The summed E-state index contributed by atoms with van der Waals surface area (Å²) in [6.07, 6.45) is 6.76. The van der Waals surface area contributed by atoms with E-state index in [2.05, 4.69) is 25.5 Å². The molecule has 2 aliphatic rings. The van der Waals surface area contributed by atoms with Crippen LogP contribution in [0, 0.1) is 0 Å². The number of likely N-dealkylation sites (tertiary alicyclic amines) is 1. The lowest BCUT2D eigenvalue weighted by atomic mass is 10.0. The number of fused-ring (bicyclic) bond motifs is 1. The predicted octanol–water partition coefficient (Wildman–Crippen LogP) is 1.65. The number of sulfonamides is 1. The van der Waals surface area contributed by atoms with Crippen molar-refractivity contribution in [2.45, 2.75) is 37.8 Å². The summed E-state index contributed by atoms with van der Waals surface area (Å²) in [5, 5.41) is 12.5. The van der Waals surface area contributed by atoms with Gasteiger partial charge >= 0.3 is 6.09 Å². The molecule has 0 atom stereocenters. The lowest BCUT2D eigenvalue weighted by Crippen LogP contribution is -2.46. The molecule has 0 radical (unpaired) electrons. The number of hydrogen-bond acceptors (Lipinski definition) is 10. The van der Waals surface area contributed by atoms with E-state index in [0.717, 1.165) is 10.4 Å². The second kappa shape index (κ2) is 10.8. The quantitative estimate of drug-likeness (QED) is 0.457. The van der Waals surface area contributed by atoms with Crippen molar-refractivity contribution in [3.63, 3.8) is 0 Å². The Balaban J connectivity index is 1.37. The number of hydrogen-bond donors (Lipinski definition) is 2. The maximum absolute atomic E-state index is 13.5. The maximum Gasteiger partial charge on any atom is 0.407 e. The van der Waals surface area contributed by atoms with Crippen molar-refractivity contribution >= 4 is 44.0 Å². The monoisotopic (exact) mass is 562 g/mol. The summed E-state index contributed by atoms with van der Waals surface area (Å²) in [7, 11) is -1.90. The number of aromatic nitrogens is 4. The molecule has 13 nitrogen and oxygen atoms in total. The van der Waals surface area contributed by atoms with Gasteiger partial charge in [-0.25, -0.2) is 32.0 Å². The highest BCUT2D eigenvalue weighted by Gasteiger charge is 2.28. The molecule has 3 aromatic rings. The Hall–Kier alpha value is -3.30. The third-order valence-electron chi connectivity index (χ3n) is 6.88. The summed E-state index contributed by atoms with van der Waals surface area (Å²) in [6, 6.07) is 1.61. The molecule has 0 unspecified atom stereocenters. The lowest BCUT2D eigenvalue weighted by molar-refractivity contribution is 0.0698. The third-order valence-corrected chi connectivity index (χ3v) is 9.07. The van der Waals surface area contributed by atoms with Crippen LogP contribution < -0.4 is 10.6 Å². The average Bonchev–Trinajstić information content (AvgIpc) is 3.53. The highest BCUT2D eigenvalue weighted by Crippen LogP contribution is 2.28. The van der Waals surface area contributed by atoms with E-state index in [-0.39, 0.29) is 23.7 Å². The molecule has 2 aliphatic heterocycles. The largest absolute Gasteiger partial charge is 0.453 e. The zero-order valence-electron chi connectivity index (χ0n) is 21.2. The van der Waals surface area contributed by atoms with Crippen LogP contribution in [0.1, 0.15) is 36.2 Å². The smallest absolute Gasteiger partial charge is 0.407 e. The Labute approximate surface area is 224 Å². The molecule has 5 rings (SSSR count). The summed E-state index contributed by atoms with van der Waals surface area (Å²) in [5.74, 6) is 0.690. The number of anilines is 1. The van der Waals surface area contributed by atoms with Gasteiger partial charge in [-0.3, -0.25) is 4.79 Å². The summed E-state index contributed by atoms with van der Waals surface area (Å²) < 4.78 is 31.7. The predicted molar refractivity (Wildman–Crippen MR) is 142 cm³/mol. The summed E-state index contributed by atoms with van der Waals surface area (Å²) in [5.41, 5.74) is 0.993. The Morgan fingerprint density at radius 3 is 2.47 bits per heavy atom. The van der Waals surface area contributed by atoms with E-state index in [0.29, 0.717) is 63.5 Å². The highest BCUT2D eigenvalue weighted by atomic mass is 32.2. The minimum atomic E-state index is -3.22. The van der Waals surface area contributed by atoms with Crippen molar-refractivity contribution in [1.29, 1.82) is 0 Å². The van der Waals surface area contributed by atoms with Crippen molar-refractivity contribution in [3.8, 4) is 11.4 Å². The number of thiazole rings is 1. The first kappa shape index (κ1) is 26.3. The number of amides is 2. The number of rotatable bonds is 6. The van der Waals surface area contributed by atoms with Gasteiger partial charge in [-0.2, -0.15) is 5.10 Å². The molecule has 0 saturated carbocycles. The number of alkyl carbamates (subject to hydrolysis) is 1. The van der Waals surface area contributed by atoms with Gasteiger partial charge in [-0.05, 0) is 25.7 Å². The van der Waals surface area contributed by atoms with Gasteiger partial charge in [0.25, 0.3) is 5.91 Å². The molecule has 0 aliphatic carbocycles. The number of nitrogens with one attached hydrogen (secondary N) is 2. The van der Waals surface area contributed by atoms with Crippen molar-refractivity contribution < 1.29 is 22.7 Å². The fraction of sp³-hybridized carbons (Fsp3) is 0.522. The van der Waals surface area contributed by atoms with Gasteiger partial charge in [0.1, 0.15) is 16.3 Å². The van der Waals surface area contributed by atoms with E-state index in [4.69, 9.17) is 4.98 Å². The second-order valence-corrected chi connectivity index (χ2v) is 12.3. The van der Waals surface area contributed by atoms with Crippen LogP contribution in [-0.2, 0) is 14.8 Å². The van der Waals surface area contributed by atoms with E-state index in [1.807, 2.05) is 11.6 Å². The fourth-order valence-electron chi connectivity index (χ4n) is 4.79. The molecule has 0 aromatic carbocycles. The first-order chi connectivity index (χ1) is 18.2. The van der Waals surface area contributed by atoms with Gasteiger partial charge in [0.15, 0.2) is 5.82 Å². The van der Waals surface area contributed by atoms with Crippen molar-refractivity contribution in [2.75, 3.05) is 44.9 Å². The zero-order valence-corrected chi connectivity index (χ0v) is 22.8. The summed E-state index contributed by atoms with van der Waals surface area (Å²) in [4.78, 5) is 37.0. The second-order valence-electron chi connectivity index (χ2n) is 9.46. The lowest BCUT2D eigenvalue weighted by Gasteiger charge is -2.32. The van der Waals surface area contributed by atoms with Crippen LogP contribution >= 0.6 is 11.3 Å². The Morgan fingerprint density at radius 2 is 1.79 bits per heavy atom. The molecule has 15 heteroatoms. The number of methoxy groups -OCH3 is 1. The van der Waals surface area contributed by atoms with Gasteiger partial charge in [-0.1, -0.05) is 0 Å². The van der Waals surface area contributed by atoms with Gasteiger partial charge < -0.3 is 20.3 Å². The molecule has 3 aromatic heterocycles. The molecule has 2 amide bonds. The number of carbonyl (C=O) groups is 2. The maximum atomic E-state index is 13.5. The van der Waals surface area contributed by atoms with Crippen LogP contribution in [0.25, 0.3) is 16.2 Å². The molecule has 0 spiro atoms. The first-order valence-corrected chi connectivity index (χ1v) is 15.1. The molecule has 2 N–H and O–H groups in total. The zero-order chi connectivity index (χ0) is 26.9. The molecule has 2 fully saturated rings. The summed E-state index contributed by atoms with van der Waals surface area (Å²) in [6.45, 7) is 1.80. The molecule has 5 heterocycles. The van der Waals surface area contributed by atoms with Gasteiger partial charge in [0, 0.05) is 55.9 Å². The van der Waals surface area contributed by atoms with Crippen LogP contribution in [0.15, 0.2) is 23.8 Å². The van der Waals surface area contributed by atoms with Crippen LogP contribution in [0.3, 0.4) is 0 Å². The van der Waals surface area contributed by atoms with Crippen molar-refractivity contribution in [2.24, 2.45) is 0 Å². The van der Waals surface area contributed by atoms with Gasteiger partial charge in [0.2, 0.25) is 10.0 Å². The van der Waals surface area contributed by atoms with Crippen molar-refractivity contribution in [3.05, 3.63) is 29.5 Å². The normalized spacial score (nSPS) is 18.0. The Kier molecular flexibility index (Phi) is 7.49. The van der Waals surface area contributed by atoms with Crippen molar-refractivity contribution in [1.82, 2.24) is 34.1 Å². The van der Waals surface area contributed by atoms with E-state index in [9.17, 15) is 18.0 Å². The van der Waals surface area contributed by atoms with Crippen LogP contribution in [0.4, 0.5) is 10.6 Å². The number of nitrogens with zero attached hydrogens (tertiary/aromatic N) is 6. The van der Waals surface area contributed by atoms with Crippen LogP contribution in [0.5, 0.6) is 0 Å². The van der Waals surface area contributed by atoms with Gasteiger partial charge in [0.05, 0.1) is 25.1 Å². The minimum absolute atomic E-state index is 0.00719. The molecular formula is C23H30N8O5S2. The molecule has 0 bridgehead atoms. The number of ether oxygens (including phenoxy) is 1. The van der Waals surface area contributed by atoms with E-state index in [1.54, 1.807) is 21.7 Å². The van der Waals surface area contributed by atoms with Crippen LogP contribution in [-0.4, -0.2) is 101 Å².